The minimum Gasteiger partial charge on any atom is -0.366 e. The molecule has 4 nitrogen and oxygen atoms in total. The van der Waals surface area contributed by atoms with Crippen molar-refractivity contribution in [1.82, 2.24) is 9.97 Å². The van der Waals surface area contributed by atoms with Crippen LogP contribution in [0.2, 0.25) is 0 Å². The highest BCUT2D eigenvalue weighted by molar-refractivity contribution is 9.10. The van der Waals surface area contributed by atoms with Gasteiger partial charge in [0, 0.05) is 23.6 Å². The van der Waals surface area contributed by atoms with Crippen LogP contribution < -0.4 is 10.6 Å². The number of rotatable bonds is 5. The number of alkyl halides is 3. The molecule has 118 valence electrons. The number of nitrogens with zero attached hydrogens (tertiary/aromatic N) is 2. The molecular weight excluding hydrogens is 361 g/mol. The van der Waals surface area contributed by atoms with Crippen molar-refractivity contribution in [1.29, 1.82) is 0 Å². The Morgan fingerprint density at radius 2 is 1.86 bits per heavy atom. The predicted molar refractivity (Wildman–Crippen MR) is 82.7 cm³/mol. The summed E-state index contributed by atoms with van der Waals surface area (Å²) in [5, 5.41) is 5.59. The van der Waals surface area contributed by atoms with E-state index in [0.717, 1.165) is 16.1 Å². The molecule has 0 amide bonds. The van der Waals surface area contributed by atoms with Gasteiger partial charge in [0.15, 0.2) is 5.69 Å². The number of benzene rings is 1. The summed E-state index contributed by atoms with van der Waals surface area (Å²) in [5.41, 5.74) is -0.0623. The van der Waals surface area contributed by atoms with Gasteiger partial charge in [-0.05, 0) is 18.6 Å². The third-order valence-electron chi connectivity index (χ3n) is 2.77. The number of nitrogens with one attached hydrogen (secondary N) is 2. The van der Waals surface area contributed by atoms with Crippen molar-refractivity contribution in [3.05, 3.63) is 46.1 Å². The standard InChI is InChI=1S/C14H14BrF3N4/c1-2-19-13-21-11(14(16,17)18)7-12(22-13)20-8-9-5-3-4-6-10(9)15/h3-7H,2,8H2,1H3,(H2,19,20,21,22). The van der Waals surface area contributed by atoms with Crippen molar-refractivity contribution in [2.45, 2.75) is 19.6 Å². The average Bonchev–Trinajstić information content (AvgIpc) is 2.46. The molecule has 0 spiro atoms. The van der Waals surface area contributed by atoms with Crippen molar-refractivity contribution in [2.24, 2.45) is 0 Å². The molecule has 0 radical (unpaired) electrons. The number of hydrogen-bond acceptors (Lipinski definition) is 4. The molecule has 0 saturated carbocycles. The molecule has 0 bridgehead atoms. The fourth-order valence-corrected chi connectivity index (χ4v) is 2.17. The quantitative estimate of drug-likeness (QED) is 0.818. The molecule has 1 aromatic heterocycles. The molecule has 0 aliphatic carbocycles. The van der Waals surface area contributed by atoms with E-state index in [2.05, 4.69) is 36.5 Å². The van der Waals surface area contributed by atoms with Gasteiger partial charge >= 0.3 is 6.18 Å². The lowest BCUT2D eigenvalue weighted by atomic mass is 10.2. The van der Waals surface area contributed by atoms with Crippen LogP contribution in [0.1, 0.15) is 18.2 Å². The van der Waals surface area contributed by atoms with Crippen LogP contribution in [0.15, 0.2) is 34.8 Å². The molecule has 0 aliphatic rings. The molecule has 2 N–H and O–H groups in total. The van der Waals surface area contributed by atoms with Gasteiger partial charge in [-0.15, -0.1) is 0 Å². The minimum absolute atomic E-state index is 0.0491. The first-order valence-corrected chi connectivity index (χ1v) is 7.37. The zero-order valence-corrected chi connectivity index (χ0v) is 13.3. The van der Waals surface area contributed by atoms with Gasteiger partial charge in [-0.1, -0.05) is 34.1 Å². The van der Waals surface area contributed by atoms with Gasteiger partial charge in [-0.2, -0.15) is 18.2 Å². The normalized spacial score (nSPS) is 11.3. The molecule has 0 saturated heterocycles. The lowest BCUT2D eigenvalue weighted by Crippen LogP contribution is -2.14. The Kier molecular flexibility index (Phi) is 5.23. The third-order valence-corrected chi connectivity index (χ3v) is 3.54. The van der Waals surface area contributed by atoms with Crippen LogP contribution >= 0.6 is 15.9 Å². The first-order valence-electron chi connectivity index (χ1n) is 6.57. The van der Waals surface area contributed by atoms with Crippen molar-refractivity contribution < 1.29 is 13.2 Å². The Morgan fingerprint density at radius 1 is 1.14 bits per heavy atom. The Hall–Kier alpha value is -1.83. The lowest BCUT2D eigenvalue weighted by molar-refractivity contribution is -0.141. The Balaban J connectivity index is 2.22. The molecule has 0 unspecified atom stereocenters. The van der Waals surface area contributed by atoms with E-state index in [1.807, 2.05) is 24.3 Å². The van der Waals surface area contributed by atoms with Crippen LogP contribution in [-0.4, -0.2) is 16.5 Å². The van der Waals surface area contributed by atoms with Crippen LogP contribution in [0, 0.1) is 0 Å². The molecular formula is C14H14BrF3N4. The van der Waals surface area contributed by atoms with Crippen molar-refractivity contribution in [3.8, 4) is 0 Å². The number of halogens is 4. The highest BCUT2D eigenvalue weighted by Gasteiger charge is 2.33. The van der Waals surface area contributed by atoms with E-state index in [9.17, 15) is 13.2 Å². The SMILES string of the molecule is CCNc1nc(NCc2ccccc2Br)cc(C(F)(F)F)n1. The molecule has 0 aliphatic heterocycles. The summed E-state index contributed by atoms with van der Waals surface area (Å²) in [7, 11) is 0. The van der Waals surface area contributed by atoms with Crippen LogP contribution in [0.5, 0.6) is 0 Å². The summed E-state index contributed by atoms with van der Waals surface area (Å²) < 4.78 is 39.5. The molecule has 1 aromatic carbocycles. The molecule has 0 atom stereocenters. The van der Waals surface area contributed by atoms with Gasteiger partial charge in [0.05, 0.1) is 0 Å². The second-order valence-electron chi connectivity index (χ2n) is 4.44. The maximum Gasteiger partial charge on any atom is 0.433 e. The Labute approximate surface area is 134 Å². The fraction of sp³-hybridized carbons (Fsp3) is 0.286. The summed E-state index contributed by atoms with van der Waals surface area (Å²) in [4.78, 5) is 7.50. The average molecular weight is 375 g/mol. The summed E-state index contributed by atoms with van der Waals surface area (Å²) in [6.07, 6.45) is -4.52. The van der Waals surface area contributed by atoms with Gasteiger partial charge in [-0.3, -0.25) is 0 Å². The first-order chi connectivity index (χ1) is 10.4. The molecule has 0 fully saturated rings. The van der Waals surface area contributed by atoms with Crippen LogP contribution in [0.4, 0.5) is 24.9 Å². The molecule has 22 heavy (non-hydrogen) atoms. The second-order valence-corrected chi connectivity index (χ2v) is 5.29. The summed E-state index contributed by atoms with van der Waals surface area (Å²) >= 11 is 3.39. The van der Waals surface area contributed by atoms with E-state index in [1.54, 1.807) is 6.92 Å². The molecule has 8 heteroatoms. The Bertz CT molecular complexity index is 646. The molecule has 1 heterocycles. The van der Waals surface area contributed by atoms with E-state index < -0.39 is 11.9 Å². The van der Waals surface area contributed by atoms with E-state index in [-0.39, 0.29) is 11.8 Å². The van der Waals surface area contributed by atoms with E-state index in [4.69, 9.17) is 0 Å². The Morgan fingerprint density at radius 3 is 2.50 bits per heavy atom. The van der Waals surface area contributed by atoms with E-state index in [1.165, 1.54) is 0 Å². The monoisotopic (exact) mass is 374 g/mol. The first kappa shape index (κ1) is 16.5. The highest BCUT2D eigenvalue weighted by Crippen LogP contribution is 2.30. The van der Waals surface area contributed by atoms with Crippen molar-refractivity contribution >= 4 is 27.7 Å². The van der Waals surface area contributed by atoms with Gasteiger partial charge < -0.3 is 10.6 Å². The van der Waals surface area contributed by atoms with Crippen molar-refractivity contribution in [3.63, 3.8) is 0 Å². The topological polar surface area (TPSA) is 49.8 Å². The minimum atomic E-state index is -4.52. The maximum absolute atomic E-state index is 12.9. The summed E-state index contributed by atoms with van der Waals surface area (Å²) in [5.74, 6) is 0.0704. The predicted octanol–water partition coefficient (Wildman–Crippen LogP) is 4.30. The number of anilines is 2. The summed E-state index contributed by atoms with van der Waals surface area (Å²) in [6, 6.07) is 8.35. The smallest absolute Gasteiger partial charge is 0.366 e. The lowest BCUT2D eigenvalue weighted by Gasteiger charge is -2.12. The van der Waals surface area contributed by atoms with E-state index >= 15 is 0 Å². The van der Waals surface area contributed by atoms with Gasteiger partial charge in [0.2, 0.25) is 5.95 Å². The highest BCUT2D eigenvalue weighted by atomic mass is 79.9. The van der Waals surface area contributed by atoms with Crippen LogP contribution in [0.25, 0.3) is 0 Å². The largest absolute Gasteiger partial charge is 0.433 e. The second kappa shape index (κ2) is 6.95. The third kappa shape index (κ3) is 4.33. The van der Waals surface area contributed by atoms with Crippen LogP contribution in [0.3, 0.4) is 0 Å². The summed E-state index contributed by atoms with van der Waals surface area (Å²) in [6.45, 7) is 2.55. The molecule has 2 rings (SSSR count). The van der Waals surface area contributed by atoms with Crippen LogP contribution in [-0.2, 0) is 12.7 Å². The van der Waals surface area contributed by atoms with Gasteiger partial charge in [0.1, 0.15) is 5.82 Å². The van der Waals surface area contributed by atoms with E-state index in [0.29, 0.717) is 13.1 Å². The zero-order chi connectivity index (χ0) is 16.2. The fourth-order valence-electron chi connectivity index (χ4n) is 1.75. The maximum atomic E-state index is 12.9. The number of hydrogen-bond donors (Lipinski definition) is 2. The van der Waals surface area contributed by atoms with Gasteiger partial charge in [-0.25, -0.2) is 4.98 Å². The van der Waals surface area contributed by atoms with Crippen molar-refractivity contribution in [2.75, 3.05) is 17.2 Å². The number of aromatic nitrogens is 2. The zero-order valence-electron chi connectivity index (χ0n) is 11.7. The molecule has 2 aromatic rings. The van der Waals surface area contributed by atoms with Gasteiger partial charge in [0.25, 0.3) is 0 Å².